The van der Waals surface area contributed by atoms with Crippen molar-refractivity contribution in [2.24, 2.45) is 11.7 Å². The van der Waals surface area contributed by atoms with Crippen LogP contribution in [-0.2, 0) is 4.79 Å². The molecule has 1 aromatic rings. The summed E-state index contributed by atoms with van der Waals surface area (Å²) in [6.45, 7) is 0. The highest BCUT2D eigenvalue weighted by Crippen LogP contribution is 2.29. The number of thiocarbonyl (C=S) groups is 1. The summed E-state index contributed by atoms with van der Waals surface area (Å²) in [6, 6.07) is 5.14. The van der Waals surface area contributed by atoms with Gasteiger partial charge in [-0.2, -0.15) is 0 Å². The SMILES string of the molecule is NC(=S)c1ccc(Cl)c(NC(=O)C2CCC2)c1. The number of anilines is 1. The molecule has 0 saturated heterocycles. The molecule has 1 fully saturated rings. The summed E-state index contributed by atoms with van der Waals surface area (Å²) in [5, 5.41) is 3.32. The highest BCUT2D eigenvalue weighted by atomic mass is 35.5. The van der Waals surface area contributed by atoms with Crippen LogP contribution in [0.2, 0.25) is 5.02 Å². The van der Waals surface area contributed by atoms with Gasteiger partial charge in [-0.15, -0.1) is 0 Å². The molecule has 5 heteroatoms. The number of hydrogen-bond donors (Lipinski definition) is 2. The van der Waals surface area contributed by atoms with E-state index in [1.807, 2.05) is 0 Å². The molecule has 90 valence electrons. The van der Waals surface area contributed by atoms with Gasteiger partial charge < -0.3 is 11.1 Å². The average Bonchev–Trinajstić information content (AvgIpc) is 2.18. The van der Waals surface area contributed by atoms with Crippen LogP contribution in [-0.4, -0.2) is 10.9 Å². The molecule has 1 amide bonds. The summed E-state index contributed by atoms with van der Waals surface area (Å²) in [5.74, 6) is 0.151. The maximum atomic E-state index is 11.8. The molecule has 0 atom stereocenters. The number of benzene rings is 1. The van der Waals surface area contributed by atoms with Crippen LogP contribution in [0.1, 0.15) is 24.8 Å². The van der Waals surface area contributed by atoms with E-state index in [0.29, 0.717) is 21.3 Å². The Morgan fingerprint density at radius 2 is 2.18 bits per heavy atom. The van der Waals surface area contributed by atoms with Crippen LogP contribution in [0.25, 0.3) is 0 Å². The van der Waals surface area contributed by atoms with Crippen molar-refractivity contribution in [2.75, 3.05) is 5.32 Å². The van der Waals surface area contributed by atoms with Crippen molar-refractivity contribution in [3.05, 3.63) is 28.8 Å². The van der Waals surface area contributed by atoms with E-state index in [0.717, 1.165) is 19.3 Å². The first kappa shape index (κ1) is 12.3. The van der Waals surface area contributed by atoms with Gasteiger partial charge >= 0.3 is 0 Å². The molecule has 2 rings (SSSR count). The highest BCUT2D eigenvalue weighted by Gasteiger charge is 2.25. The lowest BCUT2D eigenvalue weighted by Gasteiger charge is -2.24. The summed E-state index contributed by atoms with van der Waals surface area (Å²) in [7, 11) is 0. The van der Waals surface area contributed by atoms with Gasteiger partial charge in [0, 0.05) is 11.5 Å². The molecule has 0 unspecified atom stereocenters. The maximum absolute atomic E-state index is 11.8. The normalized spacial score (nSPS) is 15.1. The Morgan fingerprint density at radius 3 is 2.71 bits per heavy atom. The van der Waals surface area contributed by atoms with Crippen LogP contribution >= 0.6 is 23.8 Å². The molecule has 0 spiro atoms. The molecular weight excluding hydrogens is 256 g/mol. The quantitative estimate of drug-likeness (QED) is 0.829. The van der Waals surface area contributed by atoms with Crippen molar-refractivity contribution < 1.29 is 4.79 Å². The molecule has 0 aromatic heterocycles. The summed E-state index contributed by atoms with van der Waals surface area (Å²) < 4.78 is 0. The largest absolute Gasteiger partial charge is 0.389 e. The van der Waals surface area contributed by atoms with Gasteiger partial charge in [0.25, 0.3) is 0 Å². The molecule has 1 aromatic carbocycles. The molecule has 1 aliphatic carbocycles. The summed E-state index contributed by atoms with van der Waals surface area (Å²) in [5.41, 5.74) is 6.82. The van der Waals surface area contributed by atoms with Gasteiger partial charge in [-0.1, -0.05) is 36.3 Å². The van der Waals surface area contributed by atoms with E-state index < -0.39 is 0 Å². The van der Waals surface area contributed by atoms with Crippen molar-refractivity contribution in [2.45, 2.75) is 19.3 Å². The van der Waals surface area contributed by atoms with Crippen molar-refractivity contribution in [3.8, 4) is 0 Å². The lowest BCUT2D eigenvalue weighted by Crippen LogP contribution is -2.28. The topological polar surface area (TPSA) is 55.1 Å². The minimum Gasteiger partial charge on any atom is -0.389 e. The number of rotatable bonds is 3. The molecule has 0 heterocycles. The number of carbonyl (C=O) groups is 1. The van der Waals surface area contributed by atoms with Gasteiger partial charge in [0.15, 0.2) is 0 Å². The Balaban J connectivity index is 2.16. The van der Waals surface area contributed by atoms with E-state index in [9.17, 15) is 4.79 Å². The summed E-state index contributed by atoms with van der Waals surface area (Å²) in [6.07, 6.45) is 3.04. The first-order chi connectivity index (χ1) is 8.08. The second-order valence-electron chi connectivity index (χ2n) is 4.18. The predicted octanol–water partition coefficient (Wildman–Crippen LogP) is 2.71. The molecule has 0 radical (unpaired) electrons. The smallest absolute Gasteiger partial charge is 0.227 e. The fourth-order valence-electron chi connectivity index (χ4n) is 1.68. The maximum Gasteiger partial charge on any atom is 0.227 e. The van der Waals surface area contributed by atoms with Crippen LogP contribution < -0.4 is 11.1 Å². The molecule has 3 N–H and O–H groups in total. The fraction of sp³-hybridized carbons (Fsp3) is 0.333. The molecule has 1 aliphatic rings. The monoisotopic (exact) mass is 268 g/mol. The van der Waals surface area contributed by atoms with E-state index in [2.05, 4.69) is 5.32 Å². The summed E-state index contributed by atoms with van der Waals surface area (Å²) >= 11 is 10.9. The standard InChI is InChI=1S/C12H13ClN2OS/c13-9-5-4-8(11(14)17)6-10(9)15-12(16)7-2-1-3-7/h4-7H,1-3H2,(H2,14,17)(H,15,16). The number of halogens is 1. The third-order valence-electron chi connectivity index (χ3n) is 2.98. The van der Waals surface area contributed by atoms with Crippen LogP contribution in [0.4, 0.5) is 5.69 Å². The molecule has 3 nitrogen and oxygen atoms in total. The van der Waals surface area contributed by atoms with Crippen LogP contribution in [0.5, 0.6) is 0 Å². The van der Waals surface area contributed by atoms with Crippen molar-refractivity contribution >= 4 is 40.4 Å². The minimum absolute atomic E-state index is 0.0261. The Morgan fingerprint density at radius 1 is 1.47 bits per heavy atom. The minimum atomic E-state index is 0.0261. The average molecular weight is 269 g/mol. The first-order valence-corrected chi connectivity index (χ1v) is 6.27. The first-order valence-electron chi connectivity index (χ1n) is 5.48. The fourth-order valence-corrected chi connectivity index (χ4v) is 1.97. The van der Waals surface area contributed by atoms with Crippen LogP contribution in [0.3, 0.4) is 0 Å². The second kappa shape index (κ2) is 5.02. The third-order valence-corrected chi connectivity index (χ3v) is 3.55. The molecule has 1 saturated carbocycles. The van der Waals surface area contributed by atoms with Crippen molar-refractivity contribution in [1.29, 1.82) is 0 Å². The van der Waals surface area contributed by atoms with E-state index in [1.165, 1.54) is 0 Å². The highest BCUT2D eigenvalue weighted by molar-refractivity contribution is 7.80. The van der Waals surface area contributed by atoms with E-state index in [-0.39, 0.29) is 11.8 Å². The Kier molecular flexibility index (Phi) is 3.64. The van der Waals surface area contributed by atoms with Crippen LogP contribution in [0.15, 0.2) is 18.2 Å². The van der Waals surface area contributed by atoms with E-state index in [4.69, 9.17) is 29.6 Å². The Hall–Kier alpha value is -1.13. The molecule has 17 heavy (non-hydrogen) atoms. The number of amides is 1. The number of nitrogens with one attached hydrogen (secondary N) is 1. The zero-order valence-electron chi connectivity index (χ0n) is 9.20. The number of nitrogens with two attached hydrogens (primary N) is 1. The molecule has 0 aliphatic heterocycles. The second-order valence-corrected chi connectivity index (χ2v) is 5.02. The van der Waals surface area contributed by atoms with Gasteiger partial charge in [-0.05, 0) is 25.0 Å². The van der Waals surface area contributed by atoms with Crippen molar-refractivity contribution in [1.82, 2.24) is 0 Å². The predicted molar refractivity (Wildman–Crippen MR) is 73.3 cm³/mol. The molecule has 0 bridgehead atoms. The molecular formula is C12H13ClN2OS. The van der Waals surface area contributed by atoms with Gasteiger partial charge in [0.1, 0.15) is 4.99 Å². The lowest BCUT2D eigenvalue weighted by molar-refractivity contribution is -0.122. The summed E-state index contributed by atoms with van der Waals surface area (Å²) in [4.78, 5) is 12.1. The van der Waals surface area contributed by atoms with Crippen molar-refractivity contribution in [3.63, 3.8) is 0 Å². The zero-order valence-corrected chi connectivity index (χ0v) is 10.8. The Labute approximate surface area is 110 Å². The van der Waals surface area contributed by atoms with Gasteiger partial charge in [-0.25, -0.2) is 0 Å². The van der Waals surface area contributed by atoms with E-state index >= 15 is 0 Å². The van der Waals surface area contributed by atoms with Gasteiger partial charge in [-0.3, -0.25) is 4.79 Å². The van der Waals surface area contributed by atoms with Crippen LogP contribution in [0, 0.1) is 5.92 Å². The van der Waals surface area contributed by atoms with Gasteiger partial charge in [0.05, 0.1) is 10.7 Å². The van der Waals surface area contributed by atoms with Gasteiger partial charge in [0.2, 0.25) is 5.91 Å². The number of carbonyl (C=O) groups excluding carboxylic acids is 1. The zero-order chi connectivity index (χ0) is 12.4. The van der Waals surface area contributed by atoms with E-state index in [1.54, 1.807) is 18.2 Å². The third kappa shape index (κ3) is 2.76. The Bertz CT molecular complexity index is 472. The number of hydrogen-bond acceptors (Lipinski definition) is 2. The lowest BCUT2D eigenvalue weighted by atomic mass is 9.85.